The zero-order valence-electron chi connectivity index (χ0n) is 16.3. The molecule has 4 aromatic carbocycles. The molecule has 0 bridgehead atoms. The van der Waals surface area contributed by atoms with E-state index in [-0.39, 0.29) is 11.7 Å². The fourth-order valence-corrected chi connectivity index (χ4v) is 3.93. The maximum Gasteiger partial charge on any atom is 0.282 e. The van der Waals surface area contributed by atoms with Crippen molar-refractivity contribution in [1.82, 2.24) is 0 Å². The zero-order chi connectivity index (χ0) is 21.4. The first-order valence-electron chi connectivity index (χ1n) is 9.74. The second-order valence-electron chi connectivity index (χ2n) is 7.16. The van der Waals surface area contributed by atoms with Crippen LogP contribution in [0.4, 0.5) is 10.1 Å². The van der Waals surface area contributed by atoms with Crippen molar-refractivity contribution in [2.75, 3.05) is 4.90 Å². The summed E-state index contributed by atoms with van der Waals surface area (Å²) in [5.74, 6) is -0.0937. The van der Waals surface area contributed by atoms with Gasteiger partial charge in [-0.15, -0.1) is 0 Å². The number of anilines is 1. The average molecular weight is 471 g/mol. The molecule has 5 rings (SSSR count). The molecule has 150 valence electrons. The number of nitrogens with zero attached hydrogens (tertiary/aromatic N) is 2. The van der Waals surface area contributed by atoms with Crippen LogP contribution in [-0.2, 0) is 4.79 Å². The lowest BCUT2D eigenvalue weighted by Gasteiger charge is -2.18. The lowest BCUT2D eigenvalue weighted by Crippen LogP contribution is -2.32. The highest BCUT2D eigenvalue weighted by atomic mass is 79.9. The molecule has 0 saturated carbocycles. The van der Waals surface area contributed by atoms with E-state index in [2.05, 4.69) is 20.9 Å². The third-order valence-corrected chi connectivity index (χ3v) is 5.69. The van der Waals surface area contributed by atoms with Crippen LogP contribution in [0.2, 0.25) is 0 Å². The maximum atomic E-state index is 13.5. The number of halogens is 2. The van der Waals surface area contributed by atoms with Crippen LogP contribution in [0.5, 0.6) is 0 Å². The highest BCUT2D eigenvalue weighted by Crippen LogP contribution is 2.30. The Balaban J connectivity index is 1.66. The van der Waals surface area contributed by atoms with Gasteiger partial charge in [0.2, 0.25) is 0 Å². The van der Waals surface area contributed by atoms with Crippen LogP contribution in [0.1, 0.15) is 11.1 Å². The molecule has 0 saturated heterocycles. The fourth-order valence-electron chi connectivity index (χ4n) is 3.66. The van der Waals surface area contributed by atoms with E-state index in [9.17, 15) is 9.18 Å². The minimum atomic E-state index is -0.338. The molecule has 0 spiro atoms. The van der Waals surface area contributed by atoms with Crippen LogP contribution in [0, 0.1) is 5.82 Å². The summed E-state index contributed by atoms with van der Waals surface area (Å²) in [6, 6.07) is 27.4. The molecule has 1 aliphatic rings. The summed E-state index contributed by atoms with van der Waals surface area (Å²) < 4.78 is 14.4. The van der Waals surface area contributed by atoms with Gasteiger partial charge in [-0.2, -0.15) is 0 Å². The van der Waals surface area contributed by atoms with Crippen LogP contribution in [0.25, 0.3) is 16.8 Å². The Hall–Kier alpha value is -3.57. The summed E-state index contributed by atoms with van der Waals surface area (Å²) >= 11 is 3.43. The molecule has 0 radical (unpaired) electrons. The monoisotopic (exact) mass is 470 g/mol. The SMILES string of the molecule is O=C1/C(=C\c2cccc3ccccc23)N=C(c2ccc(F)cc2)N1c1ccc(Br)cc1. The lowest BCUT2D eigenvalue weighted by atomic mass is 10.0. The quantitative estimate of drug-likeness (QED) is 0.311. The van der Waals surface area contributed by atoms with Gasteiger partial charge in [0.1, 0.15) is 17.3 Å². The first-order valence-corrected chi connectivity index (χ1v) is 10.5. The highest BCUT2D eigenvalue weighted by Gasteiger charge is 2.32. The normalized spacial score (nSPS) is 15.0. The van der Waals surface area contributed by atoms with Crippen molar-refractivity contribution in [1.29, 1.82) is 0 Å². The number of carbonyl (C=O) groups is 1. The molecule has 31 heavy (non-hydrogen) atoms. The fraction of sp³-hybridized carbons (Fsp3) is 0. The number of carbonyl (C=O) groups excluding carboxylic acids is 1. The Morgan fingerprint density at radius 2 is 1.55 bits per heavy atom. The number of benzene rings is 4. The average Bonchev–Trinajstić information content (AvgIpc) is 3.11. The van der Waals surface area contributed by atoms with E-state index in [1.54, 1.807) is 17.0 Å². The molecule has 1 heterocycles. The molecular formula is C26H16BrFN2O. The number of aliphatic imine (C=N–C) groups is 1. The Bertz CT molecular complexity index is 1350. The molecule has 4 aromatic rings. The minimum absolute atomic E-state index is 0.227. The predicted molar refractivity (Wildman–Crippen MR) is 126 cm³/mol. The van der Waals surface area contributed by atoms with Crippen LogP contribution >= 0.6 is 15.9 Å². The van der Waals surface area contributed by atoms with Crippen molar-refractivity contribution >= 4 is 50.2 Å². The summed E-state index contributed by atoms with van der Waals surface area (Å²) in [6.45, 7) is 0. The van der Waals surface area contributed by atoms with Crippen molar-refractivity contribution in [2.45, 2.75) is 0 Å². The summed E-state index contributed by atoms with van der Waals surface area (Å²) in [7, 11) is 0. The van der Waals surface area contributed by atoms with Crippen molar-refractivity contribution in [3.63, 3.8) is 0 Å². The Morgan fingerprint density at radius 3 is 2.32 bits per heavy atom. The minimum Gasteiger partial charge on any atom is -0.266 e. The van der Waals surface area contributed by atoms with Crippen LogP contribution < -0.4 is 4.90 Å². The largest absolute Gasteiger partial charge is 0.282 e. The Kier molecular flexibility index (Phi) is 4.96. The molecule has 0 N–H and O–H groups in total. The molecule has 0 atom stereocenters. The van der Waals surface area contributed by atoms with E-state index < -0.39 is 0 Å². The van der Waals surface area contributed by atoms with Crippen LogP contribution in [0.15, 0.2) is 106 Å². The second kappa shape index (κ2) is 7.93. The zero-order valence-corrected chi connectivity index (χ0v) is 17.9. The molecule has 0 aromatic heterocycles. The number of hydrogen-bond donors (Lipinski definition) is 0. The summed E-state index contributed by atoms with van der Waals surface area (Å²) in [5, 5.41) is 2.14. The van der Waals surface area contributed by atoms with Gasteiger partial charge in [-0.05, 0) is 70.9 Å². The molecule has 5 heteroatoms. The number of hydrogen-bond acceptors (Lipinski definition) is 2. The van der Waals surface area contributed by atoms with Gasteiger partial charge in [0.15, 0.2) is 0 Å². The van der Waals surface area contributed by atoms with Crippen molar-refractivity contribution in [3.8, 4) is 0 Å². The topological polar surface area (TPSA) is 32.7 Å². The number of amides is 1. The Morgan fingerprint density at radius 1 is 0.839 bits per heavy atom. The standard InChI is InChI=1S/C26H16BrFN2O/c27-20-10-14-22(15-11-20)30-25(18-8-12-21(28)13-9-18)29-24(26(30)31)16-19-6-3-5-17-4-1-2-7-23(17)19/h1-16H/b24-16+. The van der Waals surface area contributed by atoms with Gasteiger partial charge in [0, 0.05) is 10.0 Å². The molecular weight excluding hydrogens is 455 g/mol. The van der Waals surface area contributed by atoms with E-state index >= 15 is 0 Å². The maximum absolute atomic E-state index is 13.5. The number of fused-ring (bicyclic) bond motifs is 1. The Labute approximate surface area is 187 Å². The smallest absolute Gasteiger partial charge is 0.266 e. The summed E-state index contributed by atoms with van der Waals surface area (Å²) in [6.07, 6.45) is 1.81. The number of amidine groups is 1. The van der Waals surface area contributed by atoms with Crippen LogP contribution in [0.3, 0.4) is 0 Å². The van der Waals surface area contributed by atoms with E-state index in [1.807, 2.05) is 72.8 Å². The van der Waals surface area contributed by atoms with Gasteiger partial charge < -0.3 is 0 Å². The number of rotatable bonds is 3. The highest BCUT2D eigenvalue weighted by molar-refractivity contribution is 9.10. The van der Waals surface area contributed by atoms with E-state index in [4.69, 9.17) is 0 Å². The summed E-state index contributed by atoms with van der Waals surface area (Å²) in [5.41, 5.74) is 2.61. The van der Waals surface area contributed by atoms with Gasteiger partial charge >= 0.3 is 0 Å². The van der Waals surface area contributed by atoms with Gasteiger partial charge in [-0.25, -0.2) is 9.38 Å². The summed E-state index contributed by atoms with van der Waals surface area (Å²) in [4.78, 5) is 19.7. The molecule has 1 amide bonds. The molecule has 0 fully saturated rings. The second-order valence-corrected chi connectivity index (χ2v) is 8.07. The predicted octanol–water partition coefficient (Wildman–Crippen LogP) is 6.58. The van der Waals surface area contributed by atoms with Crippen molar-refractivity contribution in [2.24, 2.45) is 4.99 Å². The van der Waals surface area contributed by atoms with E-state index in [0.717, 1.165) is 20.8 Å². The van der Waals surface area contributed by atoms with E-state index in [1.165, 1.54) is 12.1 Å². The van der Waals surface area contributed by atoms with Crippen LogP contribution in [-0.4, -0.2) is 11.7 Å². The molecule has 0 aliphatic carbocycles. The van der Waals surface area contributed by atoms with Gasteiger partial charge in [-0.1, -0.05) is 58.4 Å². The van der Waals surface area contributed by atoms with Crippen molar-refractivity contribution < 1.29 is 9.18 Å². The third-order valence-electron chi connectivity index (χ3n) is 5.16. The van der Waals surface area contributed by atoms with Gasteiger partial charge in [0.05, 0.1) is 5.69 Å². The van der Waals surface area contributed by atoms with Gasteiger partial charge in [-0.3, -0.25) is 9.69 Å². The van der Waals surface area contributed by atoms with E-state index in [0.29, 0.717) is 22.8 Å². The third kappa shape index (κ3) is 3.68. The lowest BCUT2D eigenvalue weighted by molar-refractivity contribution is -0.113. The first-order chi connectivity index (χ1) is 15.1. The van der Waals surface area contributed by atoms with Gasteiger partial charge in [0.25, 0.3) is 5.91 Å². The molecule has 0 unspecified atom stereocenters. The van der Waals surface area contributed by atoms with Crippen molar-refractivity contribution in [3.05, 3.63) is 118 Å². The first kappa shape index (κ1) is 19.4. The molecule has 3 nitrogen and oxygen atoms in total. The molecule has 1 aliphatic heterocycles.